The number of amides is 2. The molecule has 2 aliphatic rings. The molecule has 1 aliphatic carbocycles. The summed E-state index contributed by atoms with van der Waals surface area (Å²) in [5, 5.41) is 9.24. The van der Waals surface area contributed by atoms with Crippen LogP contribution < -0.4 is 0 Å². The van der Waals surface area contributed by atoms with Gasteiger partial charge in [-0.2, -0.15) is 0 Å². The Kier molecular flexibility index (Phi) is 5.07. The van der Waals surface area contributed by atoms with Crippen molar-refractivity contribution in [3.8, 4) is 12.3 Å². The summed E-state index contributed by atoms with van der Waals surface area (Å²) in [6, 6.07) is -0.594. The second-order valence-electron chi connectivity index (χ2n) is 5.65. The number of carbonyl (C=O) groups excluding carboxylic acids is 1. The van der Waals surface area contributed by atoms with E-state index in [4.69, 9.17) is 11.2 Å². The second kappa shape index (κ2) is 6.81. The van der Waals surface area contributed by atoms with Gasteiger partial charge >= 0.3 is 12.0 Å². The number of urea groups is 1. The predicted octanol–water partition coefficient (Wildman–Crippen LogP) is 0.873. The maximum Gasteiger partial charge on any atom is 0.321 e. The second-order valence-corrected chi connectivity index (χ2v) is 5.65. The zero-order chi connectivity index (χ0) is 15.4. The first-order valence-electron chi connectivity index (χ1n) is 7.38. The van der Waals surface area contributed by atoms with Gasteiger partial charge in [0.05, 0.1) is 25.8 Å². The van der Waals surface area contributed by atoms with E-state index in [1.54, 1.807) is 9.80 Å². The molecule has 2 unspecified atom stereocenters. The van der Waals surface area contributed by atoms with Gasteiger partial charge in [-0.05, 0) is 25.7 Å². The zero-order valence-corrected chi connectivity index (χ0v) is 12.3. The van der Waals surface area contributed by atoms with Gasteiger partial charge in [-0.3, -0.25) is 4.79 Å². The fraction of sp³-hybridized carbons (Fsp3) is 0.733. The molecule has 6 nitrogen and oxygen atoms in total. The predicted molar refractivity (Wildman–Crippen MR) is 76.6 cm³/mol. The van der Waals surface area contributed by atoms with Gasteiger partial charge in [-0.1, -0.05) is 5.92 Å². The van der Waals surface area contributed by atoms with Crippen molar-refractivity contribution in [1.29, 1.82) is 0 Å². The van der Waals surface area contributed by atoms with Crippen LogP contribution >= 0.6 is 0 Å². The first-order valence-corrected chi connectivity index (χ1v) is 7.38. The summed E-state index contributed by atoms with van der Waals surface area (Å²) in [6.07, 6.45) is 7.61. The highest BCUT2D eigenvalue weighted by Crippen LogP contribution is 2.30. The van der Waals surface area contributed by atoms with Crippen LogP contribution in [0.15, 0.2) is 0 Å². The molecule has 0 radical (unpaired) electrons. The number of hydrogen-bond donors (Lipinski definition) is 1. The standard InChI is InChI=1S/C15H22N2O4/c1-3-7-16(8-11-5-6-11)15(20)17(4-2)13-10-21-9-12(13)14(18)19/h1,11-13H,4-10H2,2H3,(H,18,19). The minimum absolute atomic E-state index is 0.154. The minimum atomic E-state index is -0.922. The average molecular weight is 294 g/mol. The number of terminal acetylenes is 1. The largest absolute Gasteiger partial charge is 0.481 e. The lowest BCUT2D eigenvalue weighted by atomic mass is 10.0. The van der Waals surface area contributed by atoms with Crippen molar-refractivity contribution in [2.75, 3.05) is 32.8 Å². The molecule has 1 N–H and O–H groups in total. The molecule has 0 aromatic heterocycles. The molecule has 2 rings (SSSR count). The third-order valence-electron chi connectivity index (χ3n) is 4.08. The van der Waals surface area contributed by atoms with E-state index in [1.165, 1.54) is 0 Å². The van der Waals surface area contributed by atoms with Crippen molar-refractivity contribution >= 4 is 12.0 Å². The van der Waals surface area contributed by atoms with Gasteiger partial charge in [-0.25, -0.2) is 4.79 Å². The van der Waals surface area contributed by atoms with Gasteiger partial charge in [-0.15, -0.1) is 6.42 Å². The lowest BCUT2D eigenvalue weighted by Gasteiger charge is -2.34. The van der Waals surface area contributed by atoms with Crippen molar-refractivity contribution in [3.05, 3.63) is 0 Å². The van der Waals surface area contributed by atoms with Crippen molar-refractivity contribution in [2.45, 2.75) is 25.8 Å². The van der Waals surface area contributed by atoms with Crippen LogP contribution in [0.3, 0.4) is 0 Å². The summed E-state index contributed by atoms with van der Waals surface area (Å²) in [5.41, 5.74) is 0. The highest BCUT2D eigenvalue weighted by Gasteiger charge is 2.41. The van der Waals surface area contributed by atoms with E-state index in [-0.39, 0.29) is 25.8 Å². The number of aliphatic carboxylic acids is 1. The van der Waals surface area contributed by atoms with E-state index in [0.29, 0.717) is 19.0 Å². The van der Waals surface area contributed by atoms with Gasteiger partial charge in [0.1, 0.15) is 5.92 Å². The Morgan fingerprint density at radius 3 is 2.62 bits per heavy atom. The van der Waals surface area contributed by atoms with Crippen LogP contribution in [0.25, 0.3) is 0 Å². The topological polar surface area (TPSA) is 70.1 Å². The van der Waals surface area contributed by atoms with Crippen molar-refractivity contribution in [3.63, 3.8) is 0 Å². The van der Waals surface area contributed by atoms with Crippen LogP contribution in [0.4, 0.5) is 4.79 Å². The molecule has 0 spiro atoms. The fourth-order valence-corrected chi connectivity index (χ4v) is 2.71. The maximum atomic E-state index is 12.7. The first kappa shape index (κ1) is 15.6. The number of carboxylic acid groups (broad SMARTS) is 1. The van der Waals surface area contributed by atoms with Crippen LogP contribution in [-0.2, 0) is 9.53 Å². The Morgan fingerprint density at radius 2 is 2.10 bits per heavy atom. The number of nitrogens with zero attached hydrogens (tertiary/aromatic N) is 2. The Bertz CT molecular complexity index is 441. The summed E-state index contributed by atoms with van der Waals surface area (Å²) >= 11 is 0. The van der Waals surface area contributed by atoms with Crippen molar-refractivity contribution in [1.82, 2.24) is 9.80 Å². The van der Waals surface area contributed by atoms with Crippen molar-refractivity contribution < 1.29 is 19.4 Å². The summed E-state index contributed by atoms with van der Waals surface area (Å²) in [4.78, 5) is 27.2. The lowest BCUT2D eigenvalue weighted by molar-refractivity contribution is -0.142. The van der Waals surface area contributed by atoms with E-state index < -0.39 is 17.9 Å². The quantitative estimate of drug-likeness (QED) is 0.738. The Balaban J connectivity index is 2.08. The minimum Gasteiger partial charge on any atom is -0.481 e. The molecular formula is C15H22N2O4. The number of likely N-dealkylation sites (N-methyl/N-ethyl adjacent to an activating group) is 1. The molecule has 1 saturated carbocycles. The molecule has 1 heterocycles. The number of carbonyl (C=O) groups is 2. The summed E-state index contributed by atoms with van der Waals surface area (Å²) in [5.74, 6) is 1.47. The Hall–Kier alpha value is -1.74. The normalized spacial score (nSPS) is 24.4. The van der Waals surface area contributed by atoms with Crippen LogP contribution in [-0.4, -0.2) is 65.8 Å². The van der Waals surface area contributed by atoms with E-state index in [2.05, 4.69) is 5.92 Å². The van der Waals surface area contributed by atoms with Crippen LogP contribution in [0, 0.1) is 24.2 Å². The number of rotatable bonds is 6. The molecule has 2 amide bonds. The third-order valence-corrected chi connectivity index (χ3v) is 4.08. The molecule has 0 aromatic carbocycles. The maximum absolute atomic E-state index is 12.7. The average Bonchev–Trinajstić information content (AvgIpc) is 3.13. The van der Waals surface area contributed by atoms with Crippen molar-refractivity contribution in [2.24, 2.45) is 11.8 Å². The molecule has 2 fully saturated rings. The van der Waals surface area contributed by atoms with Gasteiger partial charge in [0, 0.05) is 13.1 Å². The lowest BCUT2D eigenvalue weighted by Crippen LogP contribution is -2.52. The Labute approximate surface area is 125 Å². The van der Waals surface area contributed by atoms with E-state index in [0.717, 1.165) is 12.8 Å². The molecule has 1 saturated heterocycles. The number of carboxylic acids is 1. The molecular weight excluding hydrogens is 272 g/mol. The van der Waals surface area contributed by atoms with Crippen LogP contribution in [0.1, 0.15) is 19.8 Å². The molecule has 0 aromatic rings. The number of ether oxygens (including phenoxy) is 1. The summed E-state index contributed by atoms with van der Waals surface area (Å²) in [6.45, 7) is 3.64. The van der Waals surface area contributed by atoms with E-state index >= 15 is 0 Å². The Morgan fingerprint density at radius 1 is 1.38 bits per heavy atom. The van der Waals surface area contributed by atoms with Gasteiger partial charge in [0.15, 0.2) is 0 Å². The summed E-state index contributed by atoms with van der Waals surface area (Å²) in [7, 11) is 0. The highest BCUT2D eigenvalue weighted by atomic mass is 16.5. The van der Waals surface area contributed by atoms with Gasteiger partial charge in [0.25, 0.3) is 0 Å². The molecule has 6 heteroatoms. The fourth-order valence-electron chi connectivity index (χ4n) is 2.71. The SMILES string of the molecule is C#CCN(CC1CC1)C(=O)N(CC)C1COCC1C(=O)O. The van der Waals surface area contributed by atoms with Crippen LogP contribution in [0.2, 0.25) is 0 Å². The molecule has 116 valence electrons. The highest BCUT2D eigenvalue weighted by molar-refractivity contribution is 5.77. The molecule has 21 heavy (non-hydrogen) atoms. The number of hydrogen-bond acceptors (Lipinski definition) is 3. The van der Waals surface area contributed by atoms with Gasteiger partial charge < -0.3 is 19.6 Å². The molecule has 2 atom stereocenters. The van der Waals surface area contributed by atoms with Crippen LogP contribution in [0.5, 0.6) is 0 Å². The van der Waals surface area contributed by atoms with Gasteiger partial charge in [0.2, 0.25) is 0 Å². The first-order chi connectivity index (χ1) is 10.1. The molecule has 1 aliphatic heterocycles. The molecule has 0 bridgehead atoms. The zero-order valence-electron chi connectivity index (χ0n) is 12.3. The van der Waals surface area contributed by atoms with E-state index in [9.17, 15) is 14.7 Å². The third kappa shape index (κ3) is 3.67. The smallest absolute Gasteiger partial charge is 0.321 e. The monoisotopic (exact) mass is 294 g/mol. The summed E-state index contributed by atoms with van der Waals surface area (Å²) < 4.78 is 5.26. The van der Waals surface area contributed by atoms with E-state index in [1.807, 2.05) is 6.92 Å².